The van der Waals surface area contributed by atoms with Crippen LogP contribution in [0.15, 0.2) is 30.7 Å². The lowest BCUT2D eigenvalue weighted by Crippen LogP contribution is -2.32. The number of hydrogen-bond acceptors (Lipinski definition) is 8. The third-order valence-corrected chi connectivity index (χ3v) is 6.40. The van der Waals surface area contributed by atoms with Crippen LogP contribution in [0.25, 0.3) is 17.2 Å². The fourth-order valence-corrected chi connectivity index (χ4v) is 4.36. The summed E-state index contributed by atoms with van der Waals surface area (Å²) in [4.78, 5) is 30.3. The molecule has 1 atom stereocenters. The Morgan fingerprint density at radius 2 is 2.03 bits per heavy atom. The van der Waals surface area contributed by atoms with Crippen LogP contribution in [0.5, 0.6) is 5.75 Å². The molecule has 3 aromatic heterocycles. The van der Waals surface area contributed by atoms with Crippen LogP contribution in [0.3, 0.4) is 0 Å². The van der Waals surface area contributed by atoms with Crippen molar-refractivity contribution in [2.45, 2.75) is 37.8 Å². The predicted molar refractivity (Wildman–Crippen MR) is 123 cm³/mol. The van der Waals surface area contributed by atoms with Gasteiger partial charge < -0.3 is 16.2 Å². The van der Waals surface area contributed by atoms with Crippen LogP contribution in [0.4, 0.5) is 24.8 Å². The zero-order chi connectivity index (χ0) is 25.8. The molecule has 0 bridgehead atoms. The highest BCUT2D eigenvalue weighted by atomic mass is 35.5. The smallest absolute Gasteiger partial charge is 0.389 e. The molecule has 0 saturated heterocycles. The van der Waals surface area contributed by atoms with Crippen molar-refractivity contribution in [2.75, 3.05) is 11.1 Å². The largest absolute Gasteiger partial charge is 0.506 e. The molecule has 1 aromatic carbocycles. The van der Waals surface area contributed by atoms with E-state index < -0.39 is 23.9 Å². The second-order valence-electron chi connectivity index (χ2n) is 8.47. The van der Waals surface area contributed by atoms with Gasteiger partial charge in [0, 0.05) is 6.42 Å². The van der Waals surface area contributed by atoms with E-state index in [4.69, 9.17) is 17.3 Å². The van der Waals surface area contributed by atoms with E-state index in [9.17, 15) is 23.1 Å². The molecule has 186 valence electrons. The number of hydrogen-bond donors (Lipinski definition) is 3. The molecule has 0 unspecified atom stereocenters. The molecule has 0 aliphatic carbocycles. The molecular formula is C22H18ClF3N8O2. The van der Waals surface area contributed by atoms with E-state index in [0.717, 1.165) is 0 Å². The maximum Gasteiger partial charge on any atom is 0.389 e. The molecule has 10 nitrogen and oxygen atoms in total. The first-order valence-corrected chi connectivity index (χ1v) is 11.1. The Morgan fingerprint density at radius 1 is 1.25 bits per heavy atom. The summed E-state index contributed by atoms with van der Waals surface area (Å²) < 4.78 is 39.3. The summed E-state index contributed by atoms with van der Waals surface area (Å²) in [5.41, 5.74) is 6.52. The monoisotopic (exact) mass is 518 g/mol. The number of halogens is 4. The number of nitrogens with two attached hydrogens (primary N) is 1. The van der Waals surface area contributed by atoms with Gasteiger partial charge >= 0.3 is 6.18 Å². The van der Waals surface area contributed by atoms with E-state index in [1.165, 1.54) is 29.2 Å². The first kappa shape index (κ1) is 23.7. The van der Waals surface area contributed by atoms with Crippen LogP contribution in [-0.2, 0) is 16.6 Å². The minimum atomic E-state index is -4.29. The third-order valence-electron chi connectivity index (χ3n) is 6.08. The lowest BCUT2D eigenvalue weighted by molar-refractivity contribution is -0.135. The number of phenols is 1. The molecule has 0 radical (unpaired) electrons. The van der Waals surface area contributed by atoms with Crippen LogP contribution >= 0.6 is 11.6 Å². The SMILES string of the molecule is C[C@@]1(c2ccc(Cl)c(O)c2)C(=O)Nc2nc(-c3cn4ncnc4c(CCCC(F)(F)F)n3)nc(N)c21. The number of aromatic nitrogens is 6. The van der Waals surface area contributed by atoms with Gasteiger partial charge in [0.2, 0.25) is 5.91 Å². The van der Waals surface area contributed by atoms with Gasteiger partial charge in [-0.25, -0.2) is 24.5 Å². The Balaban J connectivity index is 1.57. The van der Waals surface area contributed by atoms with Gasteiger partial charge in [-0.05, 0) is 37.5 Å². The Morgan fingerprint density at radius 3 is 2.75 bits per heavy atom. The molecular weight excluding hydrogens is 501 g/mol. The lowest BCUT2D eigenvalue weighted by Gasteiger charge is -2.23. The Labute approximate surface area is 206 Å². The summed E-state index contributed by atoms with van der Waals surface area (Å²) in [5, 5.41) is 16.9. The highest BCUT2D eigenvalue weighted by molar-refractivity contribution is 6.32. The van der Waals surface area contributed by atoms with Gasteiger partial charge in [0.15, 0.2) is 11.5 Å². The van der Waals surface area contributed by atoms with Crippen molar-refractivity contribution in [2.24, 2.45) is 0 Å². The highest BCUT2D eigenvalue weighted by Crippen LogP contribution is 2.46. The Kier molecular flexibility index (Phi) is 5.47. The fraction of sp³-hybridized carbons (Fsp3) is 0.273. The maximum absolute atomic E-state index is 13.1. The molecule has 1 amide bonds. The molecule has 5 rings (SSSR count). The first-order valence-electron chi connectivity index (χ1n) is 10.7. The summed E-state index contributed by atoms with van der Waals surface area (Å²) in [6.45, 7) is 1.62. The number of nitrogen functional groups attached to an aromatic ring is 1. The van der Waals surface area contributed by atoms with Crippen molar-refractivity contribution in [1.82, 2.24) is 29.5 Å². The molecule has 0 spiro atoms. The van der Waals surface area contributed by atoms with E-state index in [1.807, 2.05) is 0 Å². The average Bonchev–Trinajstić information content (AvgIpc) is 3.37. The van der Waals surface area contributed by atoms with Crippen molar-refractivity contribution in [3.8, 4) is 17.3 Å². The van der Waals surface area contributed by atoms with Gasteiger partial charge in [0.1, 0.15) is 34.8 Å². The summed E-state index contributed by atoms with van der Waals surface area (Å²) in [7, 11) is 0. The predicted octanol–water partition coefficient (Wildman–Crippen LogP) is 3.67. The minimum Gasteiger partial charge on any atom is -0.506 e. The summed E-state index contributed by atoms with van der Waals surface area (Å²) >= 11 is 5.92. The van der Waals surface area contributed by atoms with Gasteiger partial charge in [0.05, 0.1) is 22.5 Å². The van der Waals surface area contributed by atoms with Gasteiger partial charge in [-0.15, -0.1) is 0 Å². The van der Waals surface area contributed by atoms with Crippen LogP contribution < -0.4 is 11.1 Å². The summed E-state index contributed by atoms with van der Waals surface area (Å²) in [5.74, 6) is -0.451. The van der Waals surface area contributed by atoms with Gasteiger partial charge in [-0.1, -0.05) is 17.7 Å². The van der Waals surface area contributed by atoms with Gasteiger partial charge in [0.25, 0.3) is 0 Å². The molecule has 4 aromatic rings. The number of carbonyl (C=O) groups is 1. The second-order valence-corrected chi connectivity index (χ2v) is 8.88. The topological polar surface area (TPSA) is 144 Å². The van der Waals surface area contributed by atoms with E-state index in [2.05, 4.69) is 30.4 Å². The standard InChI is InChI=1S/C22H18ClF3N8O2/c1-21(10-4-5-11(23)14(35)7-10)15-16(27)31-17(32-18(15)33-20(21)36)13-8-34-19(28-9-29-34)12(30-13)3-2-6-22(24,25)26/h4-5,7-9,35H,2-3,6H2,1H3,(H3,27,31,32,33,36)/t21-/m0/s1. The number of amides is 1. The molecule has 14 heteroatoms. The third kappa shape index (κ3) is 3.94. The number of anilines is 2. The van der Waals surface area contributed by atoms with Crippen molar-refractivity contribution in [3.63, 3.8) is 0 Å². The van der Waals surface area contributed by atoms with E-state index in [-0.39, 0.29) is 46.8 Å². The molecule has 4 N–H and O–H groups in total. The summed E-state index contributed by atoms with van der Waals surface area (Å²) in [6.07, 6.45) is -2.69. The minimum absolute atomic E-state index is 0.00479. The number of fused-ring (bicyclic) bond motifs is 2. The lowest BCUT2D eigenvalue weighted by atomic mass is 9.77. The highest BCUT2D eigenvalue weighted by Gasteiger charge is 2.48. The van der Waals surface area contributed by atoms with Gasteiger partial charge in [-0.2, -0.15) is 18.3 Å². The molecule has 36 heavy (non-hydrogen) atoms. The normalized spacial score (nSPS) is 17.4. The first-order chi connectivity index (χ1) is 17.0. The summed E-state index contributed by atoms with van der Waals surface area (Å²) in [6, 6.07) is 4.43. The zero-order valence-electron chi connectivity index (χ0n) is 18.6. The number of alkyl halides is 3. The van der Waals surface area contributed by atoms with Crippen molar-refractivity contribution < 1.29 is 23.1 Å². The van der Waals surface area contributed by atoms with Crippen LogP contribution in [0.2, 0.25) is 5.02 Å². The number of nitrogens with zero attached hydrogens (tertiary/aromatic N) is 6. The number of phenolic OH excluding ortho intramolecular Hbond substituents is 1. The quantitative estimate of drug-likeness (QED) is 0.363. The average molecular weight is 519 g/mol. The van der Waals surface area contributed by atoms with E-state index in [0.29, 0.717) is 22.5 Å². The van der Waals surface area contributed by atoms with E-state index >= 15 is 0 Å². The number of rotatable bonds is 5. The molecule has 1 aliphatic heterocycles. The molecule has 4 heterocycles. The second kappa shape index (κ2) is 8.29. The molecule has 1 aliphatic rings. The number of benzene rings is 1. The van der Waals surface area contributed by atoms with Crippen LogP contribution in [-0.4, -0.2) is 46.7 Å². The number of aromatic hydroxyl groups is 1. The molecule has 0 saturated carbocycles. The Hall–Kier alpha value is -4.00. The maximum atomic E-state index is 13.1. The number of carbonyl (C=O) groups excluding carboxylic acids is 1. The molecule has 0 fully saturated rings. The van der Waals surface area contributed by atoms with E-state index in [1.54, 1.807) is 13.0 Å². The van der Waals surface area contributed by atoms with Crippen LogP contribution in [0.1, 0.15) is 36.6 Å². The van der Waals surface area contributed by atoms with Crippen LogP contribution in [0, 0.1) is 0 Å². The Bertz CT molecular complexity index is 1520. The number of nitrogens with one attached hydrogen (secondary N) is 1. The fourth-order valence-electron chi connectivity index (χ4n) is 4.24. The zero-order valence-corrected chi connectivity index (χ0v) is 19.4. The van der Waals surface area contributed by atoms with Gasteiger partial charge in [-0.3, -0.25) is 4.79 Å². The van der Waals surface area contributed by atoms with Crippen molar-refractivity contribution in [1.29, 1.82) is 0 Å². The number of aryl methyl sites for hydroxylation is 1. The van der Waals surface area contributed by atoms with Crippen molar-refractivity contribution in [3.05, 3.63) is 52.6 Å². The van der Waals surface area contributed by atoms with Crippen molar-refractivity contribution >= 4 is 34.8 Å².